The van der Waals surface area contributed by atoms with Gasteiger partial charge in [0, 0.05) is 6.07 Å². The first-order valence-corrected chi connectivity index (χ1v) is 7.24. The highest BCUT2D eigenvalue weighted by molar-refractivity contribution is 9.10. The molecule has 1 fully saturated rings. The van der Waals surface area contributed by atoms with Gasteiger partial charge in [-0.25, -0.2) is 5.43 Å². The van der Waals surface area contributed by atoms with Crippen molar-refractivity contribution in [2.75, 3.05) is 19.6 Å². The van der Waals surface area contributed by atoms with Crippen LogP contribution in [0.15, 0.2) is 20.1 Å². The molecule has 0 unspecified atom stereocenters. The molecule has 104 valence electrons. The first-order valence-electron chi connectivity index (χ1n) is 6.45. The van der Waals surface area contributed by atoms with Gasteiger partial charge in [0.05, 0.1) is 17.2 Å². The molecule has 1 amide bonds. The Balaban J connectivity index is 1.76. The number of amides is 1. The zero-order valence-corrected chi connectivity index (χ0v) is 12.6. The van der Waals surface area contributed by atoms with E-state index in [4.69, 9.17) is 4.42 Å². The number of furan rings is 1. The molecule has 0 aliphatic carbocycles. The van der Waals surface area contributed by atoms with Crippen molar-refractivity contribution in [2.45, 2.75) is 26.2 Å². The number of piperidine rings is 1. The Hall–Kier alpha value is -1.14. The van der Waals surface area contributed by atoms with E-state index in [-0.39, 0.29) is 5.91 Å². The first kappa shape index (κ1) is 14.3. The van der Waals surface area contributed by atoms with Gasteiger partial charge in [-0.05, 0) is 48.8 Å². The highest BCUT2D eigenvalue weighted by Gasteiger charge is 2.13. The molecule has 1 aliphatic rings. The Bertz CT molecular complexity index is 445. The lowest BCUT2D eigenvalue weighted by Gasteiger charge is -2.25. The molecule has 1 aromatic heterocycles. The molecule has 19 heavy (non-hydrogen) atoms. The molecule has 0 atom stereocenters. The summed E-state index contributed by atoms with van der Waals surface area (Å²) in [6.45, 7) is 4.28. The summed E-state index contributed by atoms with van der Waals surface area (Å²) in [5, 5.41) is 3.90. The highest BCUT2D eigenvalue weighted by Crippen LogP contribution is 2.18. The molecule has 0 aromatic carbocycles. The number of aryl methyl sites for hydroxylation is 1. The second kappa shape index (κ2) is 6.86. The number of nitrogens with one attached hydrogen (secondary N) is 1. The summed E-state index contributed by atoms with van der Waals surface area (Å²) in [5.74, 6) is 1.32. The van der Waals surface area contributed by atoms with E-state index in [2.05, 4.69) is 31.4 Å². The highest BCUT2D eigenvalue weighted by atomic mass is 79.9. The van der Waals surface area contributed by atoms with Crippen LogP contribution in [0.25, 0.3) is 0 Å². The molecular formula is C13H18BrN3O2. The van der Waals surface area contributed by atoms with Crippen LogP contribution in [0.3, 0.4) is 0 Å². The smallest absolute Gasteiger partial charge is 0.254 e. The van der Waals surface area contributed by atoms with Crippen molar-refractivity contribution < 1.29 is 9.21 Å². The quantitative estimate of drug-likeness (QED) is 0.681. The topological polar surface area (TPSA) is 57.8 Å². The van der Waals surface area contributed by atoms with E-state index in [0.717, 1.165) is 23.3 Å². The maximum Gasteiger partial charge on any atom is 0.254 e. The molecule has 1 N–H and O–H groups in total. The van der Waals surface area contributed by atoms with E-state index in [1.807, 2.05) is 13.0 Å². The van der Waals surface area contributed by atoms with Crippen LogP contribution in [0, 0.1) is 6.92 Å². The van der Waals surface area contributed by atoms with Crippen molar-refractivity contribution >= 4 is 28.1 Å². The zero-order valence-electron chi connectivity index (χ0n) is 11.0. The number of nitrogens with zero attached hydrogens (tertiary/aromatic N) is 2. The van der Waals surface area contributed by atoms with E-state index in [1.165, 1.54) is 25.5 Å². The Morgan fingerprint density at radius 1 is 1.53 bits per heavy atom. The molecule has 1 aromatic rings. The van der Waals surface area contributed by atoms with Crippen LogP contribution < -0.4 is 5.43 Å². The van der Waals surface area contributed by atoms with E-state index in [9.17, 15) is 4.79 Å². The summed E-state index contributed by atoms with van der Waals surface area (Å²) in [5.41, 5.74) is 2.52. The lowest BCUT2D eigenvalue weighted by Crippen LogP contribution is -2.38. The summed E-state index contributed by atoms with van der Waals surface area (Å²) >= 11 is 3.35. The molecule has 0 radical (unpaired) electrons. The second-order valence-corrected chi connectivity index (χ2v) is 5.54. The monoisotopic (exact) mass is 327 g/mol. The number of rotatable bonds is 4. The van der Waals surface area contributed by atoms with Gasteiger partial charge in [-0.2, -0.15) is 5.10 Å². The number of likely N-dealkylation sites (tertiary alicyclic amines) is 1. The van der Waals surface area contributed by atoms with Crippen molar-refractivity contribution in [3.05, 3.63) is 22.1 Å². The number of carbonyl (C=O) groups excluding carboxylic acids is 1. The third-order valence-corrected chi connectivity index (χ3v) is 3.86. The van der Waals surface area contributed by atoms with Gasteiger partial charge < -0.3 is 4.42 Å². The third-order valence-electron chi connectivity index (χ3n) is 3.07. The van der Waals surface area contributed by atoms with Crippen LogP contribution in [0.1, 0.15) is 30.8 Å². The van der Waals surface area contributed by atoms with E-state index in [1.54, 1.807) is 0 Å². The minimum atomic E-state index is -0.0829. The molecule has 6 heteroatoms. The van der Waals surface area contributed by atoms with E-state index < -0.39 is 0 Å². The third kappa shape index (κ3) is 4.47. The normalized spacial score (nSPS) is 16.9. The Labute approximate surface area is 121 Å². The fourth-order valence-electron chi connectivity index (χ4n) is 2.07. The molecule has 0 saturated carbocycles. The zero-order chi connectivity index (χ0) is 13.7. The van der Waals surface area contributed by atoms with Crippen LogP contribution in [-0.4, -0.2) is 36.7 Å². The molecular weight excluding hydrogens is 310 g/mol. The molecule has 5 nitrogen and oxygen atoms in total. The van der Waals surface area contributed by atoms with E-state index in [0.29, 0.717) is 12.3 Å². The number of carbonyl (C=O) groups is 1. The number of hydrazone groups is 1. The van der Waals surface area contributed by atoms with Gasteiger partial charge in [0.15, 0.2) is 0 Å². The summed E-state index contributed by atoms with van der Waals surface area (Å²) < 4.78 is 6.29. The predicted octanol–water partition coefficient (Wildman–Crippen LogP) is 2.29. The van der Waals surface area contributed by atoms with Gasteiger partial charge in [-0.1, -0.05) is 6.42 Å². The Morgan fingerprint density at radius 3 is 2.89 bits per heavy atom. The van der Waals surface area contributed by atoms with Gasteiger partial charge >= 0.3 is 0 Å². The lowest BCUT2D eigenvalue weighted by atomic mass is 10.1. The molecule has 2 heterocycles. The summed E-state index contributed by atoms with van der Waals surface area (Å²) in [4.78, 5) is 13.8. The van der Waals surface area contributed by atoms with Crippen LogP contribution in [0.2, 0.25) is 0 Å². The summed E-state index contributed by atoms with van der Waals surface area (Å²) in [6, 6.07) is 1.82. The van der Waals surface area contributed by atoms with Gasteiger partial charge in [-0.3, -0.25) is 9.69 Å². The number of halogens is 1. The SMILES string of the molecule is Cc1oc(C=NNC(=O)CN2CCCCC2)cc1Br. The molecule has 2 rings (SSSR count). The molecule has 1 saturated heterocycles. The fourth-order valence-corrected chi connectivity index (χ4v) is 2.38. The first-order chi connectivity index (χ1) is 9.15. The largest absolute Gasteiger partial charge is 0.459 e. The predicted molar refractivity (Wildman–Crippen MR) is 77.2 cm³/mol. The standard InChI is InChI=1S/C13H18BrN3O2/c1-10-12(14)7-11(19-10)8-15-16-13(18)9-17-5-3-2-4-6-17/h7-8H,2-6,9H2,1H3,(H,16,18). The van der Waals surface area contributed by atoms with Crippen LogP contribution in [0.4, 0.5) is 0 Å². The van der Waals surface area contributed by atoms with Crippen molar-refractivity contribution in [2.24, 2.45) is 5.10 Å². The van der Waals surface area contributed by atoms with Crippen molar-refractivity contribution in [1.82, 2.24) is 10.3 Å². The van der Waals surface area contributed by atoms with Gasteiger partial charge in [0.1, 0.15) is 11.5 Å². The van der Waals surface area contributed by atoms with Crippen molar-refractivity contribution in [3.63, 3.8) is 0 Å². The maximum atomic E-state index is 11.7. The minimum Gasteiger partial charge on any atom is -0.459 e. The minimum absolute atomic E-state index is 0.0829. The van der Waals surface area contributed by atoms with Gasteiger partial charge in [-0.15, -0.1) is 0 Å². The van der Waals surface area contributed by atoms with Gasteiger partial charge in [0.2, 0.25) is 0 Å². The average Bonchev–Trinajstić information content (AvgIpc) is 2.70. The van der Waals surface area contributed by atoms with Crippen LogP contribution >= 0.6 is 15.9 Å². The maximum absolute atomic E-state index is 11.7. The van der Waals surface area contributed by atoms with Crippen molar-refractivity contribution in [3.8, 4) is 0 Å². The van der Waals surface area contributed by atoms with Gasteiger partial charge in [0.25, 0.3) is 5.91 Å². The second-order valence-electron chi connectivity index (χ2n) is 4.68. The Kier molecular flexibility index (Phi) is 5.15. The molecule has 1 aliphatic heterocycles. The van der Waals surface area contributed by atoms with Crippen molar-refractivity contribution in [1.29, 1.82) is 0 Å². The molecule has 0 bridgehead atoms. The Morgan fingerprint density at radius 2 is 2.26 bits per heavy atom. The molecule has 0 spiro atoms. The average molecular weight is 328 g/mol. The lowest BCUT2D eigenvalue weighted by molar-refractivity contribution is -0.122. The fraction of sp³-hybridized carbons (Fsp3) is 0.538. The van der Waals surface area contributed by atoms with Crippen LogP contribution in [0.5, 0.6) is 0 Å². The summed E-state index contributed by atoms with van der Waals surface area (Å²) in [6.07, 6.45) is 5.13. The van der Waals surface area contributed by atoms with E-state index >= 15 is 0 Å². The van der Waals surface area contributed by atoms with Crippen LogP contribution in [-0.2, 0) is 4.79 Å². The number of hydrogen-bond donors (Lipinski definition) is 1. The number of hydrogen-bond acceptors (Lipinski definition) is 4. The summed E-state index contributed by atoms with van der Waals surface area (Å²) in [7, 11) is 0.